The number of nitrogens with one attached hydrogen (secondary N) is 1. The van der Waals surface area contributed by atoms with Gasteiger partial charge in [-0.3, -0.25) is 9.59 Å². The summed E-state index contributed by atoms with van der Waals surface area (Å²) < 4.78 is 31.1. The zero-order valence-corrected chi connectivity index (χ0v) is 12.6. The van der Waals surface area contributed by atoms with Gasteiger partial charge >= 0.3 is 11.9 Å². The van der Waals surface area contributed by atoms with E-state index in [-0.39, 0.29) is 13.0 Å². The number of carbonyl (C=O) groups excluding carboxylic acids is 2. The van der Waals surface area contributed by atoms with Crippen LogP contribution in [0.4, 0.5) is 8.78 Å². The molecule has 0 aliphatic rings. The van der Waals surface area contributed by atoms with E-state index in [9.17, 15) is 28.3 Å². The second-order valence-corrected chi connectivity index (χ2v) is 4.90. The molecule has 6 nitrogen and oxygen atoms in total. The number of carboxylic acids is 1. The predicted octanol–water partition coefficient (Wildman–Crippen LogP) is 1.74. The molecular weight excluding hydrogens is 312 g/mol. The number of amides is 1. The molecule has 0 spiro atoms. The summed E-state index contributed by atoms with van der Waals surface area (Å²) in [6, 6.07) is 0.897. The maximum Gasteiger partial charge on any atom is 0.326 e. The maximum absolute atomic E-state index is 13.5. The van der Waals surface area contributed by atoms with Crippen LogP contribution in [0.2, 0.25) is 0 Å². The van der Waals surface area contributed by atoms with Crippen molar-refractivity contribution in [1.82, 2.24) is 5.32 Å². The molecule has 1 aromatic carbocycles. The average Bonchev–Trinajstić information content (AvgIpc) is 2.44. The number of halogens is 2. The largest absolute Gasteiger partial charge is 0.480 e. The van der Waals surface area contributed by atoms with E-state index in [1.54, 1.807) is 6.92 Å². The highest BCUT2D eigenvalue weighted by Gasteiger charge is 2.29. The van der Waals surface area contributed by atoms with Gasteiger partial charge in [0.25, 0.3) is 5.91 Å². The first kappa shape index (κ1) is 18.5. The standard InChI is InChI=1S/C15H17F2NO5/c1-3-23-12(19)6-8(2)13(15(21)22)18-14(20)10-5-4-9(16)7-11(10)17/h4-5,7-8,13H,3,6H2,1-2H3,(H,18,20)(H,21,22)/t8-,13-/m0/s1. The molecule has 0 heterocycles. The summed E-state index contributed by atoms with van der Waals surface area (Å²) in [5.74, 6) is -5.73. The maximum atomic E-state index is 13.5. The smallest absolute Gasteiger partial charge is 0.326 e. The number of carboxylic acid groups (broad SMARTS) is 1. The lowest BCUT2D eigenvalue weighted by Crippen LogP contribution is -2.46. The van der Waals surface area contributed by atoms with Gasteiger partial charge in [-0.25, -0.2) is 13.6 Å². The summed E-state index contributed by atoms with van der Waals surface area (Å²) in [4.78, 5) is 34.6. The van der Waals surface area contributed by atoms with E-state index in [1.165, 1.54) is 6.92 Å². The molecule has 8 heteroatoms. The molecule has 126 valence electrons. The van der Waals surface area contributed by atoms with E-state index < -0.39 is 47.0 Å². The van der Waals surface area contributed by atoms with Crippen molar-refractivity contribution in [3.63, 3.8) is 0 Å². The van der Waals surface area contributed by atoms with Crippen LogP contribution in [0.5, 0.6) is 0 Å². The van der Waals surface area contributed by atoms with Crippen LogP contribution >= 0.6 is 0 Å². The van der Waals surface area contributed by atoms with Crippen LogP contribution in [0.1, 0.15) is 30.6 Å². The van der Waals surface area contributed by atoms with Crippen molar-refractivity contribution in [1.29, 1.82) is 0 Å². The number of benzene rings is 1. The molecule has 0 bridgehead atoms. The van der Waals surface area contributed by atoms with Crippen LogP contribution in [0.3, 0.4) is 0 Å². The van der Waals surface area contributed by atoms with Gasteiger partial charge in [0, 0.05) is 6.07 Å². The molecule has 1 rings (SSSR count). The van der Waals surface area contributed by atoms with Crippen LogP contribution in [0.25, 0.3) is 0 Å². The van der Waals surface area contributed by atoms with Gasteiger partial charge in [-0.2, -0.15) is 0 Å². The normalized spacial score (nSPS) is 13.0. The van der Waals surface area contributed by atoms with Crippen molar-refractivity contribution in [2.24, 2.45) is 5.92 Å². The lowest BCUT2D eigenvalue weighted by molar-refractivity contribution is -0.145. The van der Waals surface area contributed by atoms with E-state index in [0.717, 1.165) is 12.1 Å². The molecule has 0 radical (unpaired) electrons. The molecule has 0 aromatic heterocycles. The molecule has 2 N–H and O–H groups in total. The van der Waals surface area contributed by atoms with Crippen LogP contribution < -0.4 is 5.32 Å². The third kappa shape index (κ3) is 5.32. The van der Waals surface area contributed by atoms with E-state index in [4.69, 9.17) is 4.74 Å². The molecule has 0 aliphatic heterocycles. The summed E-state index contributed by atoms with van der Waals surface area (Å²) in [6.45, 7) is 3.20. The van der Waals surface area contributed by atoms with E-state index >= 15 is 0 Å². The molecule has 1 aromatic rings. The van der Waals surface area contributed by atoms with Crippen molar-refractivity contribution < 1.29 is 33.0 Å². The molecule has 0 saturated heterocycles. The highest BCUT2D eigenvalue weighted by Crippen LogP contribution is 2.13. The van der Waals surface area contributed by atoms with Gasteiger partial charge in [0.15, 0.2) is 0 Å². The third-order valence-electron chi connectivity index (χ3n) is 3.09. The number of hydrogen-bond donors (Lipinski definition) is 2. The summed E-state index contributed by atoms with van der Waals surface area (Å²) in [5, 5.41) is 11.3. The minimum absolute atomic E-state index is 0.149. The Hall–Kier alpha value is -2.51. The molecule has 0 fully saturated rings. The first-order valence-electron chi connectivity index (χ1n) is 6.90. The Kier molecular flexibility index (Phi) is 6.62. The highest BCUT2D eigenvalue weighted by molar-refractivity contribution is 5.97. The number of rotatable bonds is 7. The zero-order valence-electron chi connectivity index (χ0n) is 12.6. The average molecular weight is 329 g/mol. The van der Waals surface area contributed by atoms with E-state index in [2.05, 4.69) is 5.32 Å². The minimum Gasteiger partial charge on any atom is -0.480 e. The van der Waals surface area contributed by atoms with Crippen LogP contribution in [-0.2, 0) is 14.3 Å². The Morgan fingerprint density at radius 3 is 2.48 bits per heavy atom. The topological polar surface area (TPSA) is 92.7 Å². The fourth-order valence-corrected chi connectivity index (χ4v) is 1.94. The van der Waals surface area contributed by atoms with Crippen molar-refractivity contribution in [2.45, 2.75) is 26.3 Å². The molecular formula is C15H17F2NO5. The first-order chi connectivity index (χ1) is 10.8. The summed E-state index contributed by atoms with van der Waals surface area (Å²) in [5.41, 5.74) is -0.485. The van der Waals surface area contributed by atoms with Crippen molar-refractivity contribution >= 4 is 17.8 Å². The number of aliphatic carboxylic acids is 1. The lowest BCUT2D eigenvalue weighted by Gasteiger charge is -2.21. The lowest BCUT2D eigenvalue weighted by atomic mass is 9.98. The fourth-order valence-electron chi connectivity index (χ4n) is 1.94. The Labute approximate surface area is 131 Å². The SMILES string of the molecule is CCOC(=O)C[C@H](C)[C@H](NC(=O)c1ccc(F)cc1F)C(=O)O. The predicted molar refractivity (Wildman–Crippen MR) is 75.7 cm³/mol. The van der Waals surface area contributed by atoms with Gasteiger partial charge in [0.2, 0.25) is 0 Å². The van der Waals surface area contributed by atoms with Crippen LogP contribution in [0, 0.1) is 17.6 Å². The summed E-state index contributed by atoms with van der Waals surface area (Å²) >= 11 is 0. The highest BCUT2D eigenvalue weighted by atomic mass is 19.1. The molecule has 1 amide bonds. The second kappa shape index (κ2) is 8.21. The first-order valence-corrected chi connectivity index (χ1v) is 6.90. The molecule has 2 atom stereocenters. The second-order valence-electron chi connectivity index (χ2n) is 4.90. The number of esters is 1. The Morgan fingerprint density at radius 2 is 1.96 bits per heavy atom. The number of carbonyl (C=O) groups is 3. The van der Waals surface area contributed by atoms with Crippen molar-refractivity contribution in [2.75, 3.05) is 6.61 Å². The quantitative estimate of drug-likeness (QED) is 0.743. The van der Waals surface area contributed by atoms with Gasteiger partial charge in [0.05, 0.1) is 18.6 Å². The van der Waals surface area contributed by atoms with Gasteiger partial charge in [-0.1, -0.05) is 6.92 Å². The van der Waals surface area contributed by atoms with Crippen molar-refractivity contribution in [3.8, 4) is 0 Å². The third-order valence-corrected chi connectivity index (χ3v) is 3.09. The van der Waals surface area contributed by atoms with Crippen LogP contribution in [0.15, 0.2) is 18.2 Å². The summed E-state index contributed by atoms with van der Waals surface area (Å²) in [7, 11) is 0. The van der Waals surface area contributed by atoms with Gasteiger partial charge in [-0.15, -0.1) is 0 Å². The van der Waals surface area contributed by atoms with Crippen LogP contribution in [-0.4, -0.2) is 35.6 Å². The Bertz CT molecular complexity index is 606. The van der Waals surface area contributed by atoms with Gasteiger partial charge in [0.1, 0.15) is 17.7 Å². The Morgan fingerprint density at radius 1 is 1.30 bits per heavy atom. The monoisotopic (exact) mass is 329 g/mol. The summed E-state index contributed by atoms with van der Waals surface area (Å²) in [6.07, 6.45) is -0.225. The Balaban J connectivity index is 2.84. The van der Waals surface area contributed by atoms with Crippen molar-refractivity contribution in [3.05, 3.63) is 35.4 Å². The zero-order chi connectivity index (χ0) is 17.6. The molecule has 0 saturated carbocycles. The van der Waals surface area contributed by atoms with Gasteiger partial charge in [-0.05, 0) is 25.0 Å². The number of ether oxygens (including phenoxy) is 1. The fraction of sp³-hybridized carbons (Fsp3) is 0.400. The van der Waals surface area contributed by atoms with E-state index in [0.29, 0.717) is 6.07 Å². The van der Waals surface area contributed by atoms with E-state index in [1.807, 2.05) is 0 Å². The molecule has 0 aliphatic carbocycles. The molecule has 23 heavy (non-hydrogen) atoms. The van der Waals surface area contributed by atoms with Gasteiger partial charge < -0.3 is 15.2 Å². The number of hydrogen-bond acceptors (Lipinski definition) is 4. The molecule has 0 unspecified atom stereocenters. The minimum atomic E-state index is -1.42.